The summed E-state index contributed by atoms with van der Waals surface area (Å²) in [6, 6.07) is 11.5. The standard InChI is InChI=1S/C20H20N2O4/c1-14-5-3-6-15(2)20(14)24-12-19(23)22-21-10-4-7-16-8-9-17-18(11-16)26-13-25-17/h3-11H,12-13H2,1-2H3,(H,22,23). The van der Waals surface area contributed by atoms with Gasteiger partial charge >= 0.3 is 0 Å². The summed E-state index contributed by atoms with van der Waals surface area (Å²) in [6.07, 6.45) is 5.08. The van der Waals surface area contributed by atoms with Gasteiger partial charge in [-0.25, -0.2) is 5.43 Å². The SMILES string of the molecule is Cc1cccc(C)c1OCC(=O)NN=CC=Cc1ccc2c(c1)OCO2. The van der Waals surface area contributed by atoms with Gasteiger partial charge in [0.05, 0.1) is 0 Å². The number of benzene rings is 2. The lowest BCUT2D eigenvalue weighted by Gasteiger charge is -2.10. The molecule has 2 aromatic carbocycles. The number of nitrogens with zero attached hydrogens (tertiary/aromatic N) is 1. The molecule has 0 saturated carbocycles. The van der Waals surface area contributed by atoms with E-state index >= 15 is 0 Å². The topological polar surface area (TPSA) is 69.2 Å². The molecule has 0 fully saturated rings. The Morgan fingerprint density at radius 3 is 2.77 bits per heavy atom. The largest absolute Gasteiger partial charge is 0.483 e. The van der Waals surface area contributed by atoms with Gasteiger partial charge < -0.3 is 14.2 Å². The maximum atomic E-state index is 11.8. The van der Waals surface area contributed by atoms with Crippen molar-refractivity contribution in [3.8, 4) is 17.2 Å². The summed E-state index contributed by atoms with van der Waals surface area (Å²) < 4.78 is 16.1. The van der Waals surface area contributed by atoms with Gasteiger partial charge in [0.2, 0.25) is 6.79 Å². The monoisotopic (exact) mass is 352 g/mol. The van der Waals surface area contributed by atoms with E-state index in [0.29, 0.717) is 0 Å². The van der Waals surface area contributed by atoms with Crippen LogP contribution in [0, 0.1) is 13.8 Å². The molecule has 1 heterocycles. The number of hydrazone groups is 1. The number of ether oxygens (including phenoxy) is 3. The third-order valence-electron chi connectivity index (χ3n) is 3.79. The van der Waals surface area contributed by atoms with Crippen molar-refractivity contribution in [3.05, 3.63) is 59.2 Å². The third-order valence-corrected chi connectivity index (χ3v) is 3.79. The number of nitrogens with one attached hydrogen (secondary N) is 1. The van der Waals surface area contributed by atoms with Crippen LogP contribution < -0.4 is 19.6 Å². The van der Waals surface area contributed by atoms with Crippen LogP contribution in [0.1, 0.15) is 16.7 Å². The van der Waals surface area contributed by atoms with E-state index in [0.717, 1.165) is 33.9 Å². The van der Waals surface area contributed by atoms with Gasteiger partial charge in [-0.15, -0.1) is 0 Å². The zero-order valence-electron chi connectivity index (χ0n) is 14.7. The lowest BCUT2D eigenvalue weighted by Crippen LogP contribution is -2.24. The van der Waals surface area contributed by atoms with E-state index in [4.69, 9.17) is 14.2 Å². The van der Waals surface area contributed by atoms with Crippen molar-refractivity contribution >= 4 is 18.2 Å². The van der Waals surface area contributed by atoms with Gasteiger partial charge in [0, 0.05) is 6.21 Å². The maximum absolute atomic E-state index is 11.8. The van der Waals surface area contributed by atoms with Crippen molar-refractivity contribution < 1.29 is 19.0 Å². The summed E-state index contributed by atoms with van der Waals surface area (Å²) in [5.74, 6) is 1.88. The summed E-state index contributed by atoms with van der Waals surface area (Å²) in [6.45, 7) is 4.05. The molecule has 0 aliphatic carbocycles. The first-order chi connectivity index (χ1) is 12.6. The highest BCUT2D eigenvalue weighted by atomic mass is 16.7. The van der Waals surface area contributed by atoms with Crippen LogP contribution in [-0.4, -0.2) is 25.5 Å². The van der Waals surface area contributed by atoms with Gasteiger partial charge in [0.25, 0.3) is 5.91 Å². The normalized spacial score (nSPS) is 12.7. The minimum Gasteiger partial charge on any atom is -0.483 e. The third kappa shape index (κ3) is 4.42. The number of rotatable bonds is 6. The molecule has 26 heavy (non-hydrogen) atoms. The summed E-state index contributed by atoms with van der Waals surface area (Å²) in [5.41, 5.74) is 5.37. The van der Waals surface area contributed by atoms with Crippen LogP contribution in [0.5, 0.6) is 17.2 Å². The average Bonchev–Trinajstić information content (AvgIpc) is 3.09. The van der Waals surface area contributed by atoms with Gasteiger partial charge in [-0.3, -0.25) is 4.79 Å². The molecule has 0 radical (unpaired) electrons. The molecule has 0 atom stereocenters. The van der Waals surface area contributed by atoms with Crippen molar-refractivity contribution in [1.82, 2.24) is 5.43 Å². The Morgan fingerprint density at radius 2 is 1.96 bits per heavy atom. The highest BCUT2D eigenvalue weighted by Crippen LogP contribution is 2.32. The van der Waals surface area contributed by atoms with Crippen LogP contribution in [-0.2, 0) is 4.79 Å². The highest BCUT2D eigenvalue weighted by molar-refractivity contribution is 5.82. The smallest absolute Gasteiger partial charge is 0.277 e. The Morgan fingerprint density at radius 1 is 1.19 bits per heavy atom. The summed E-state index contributed by atoms with van der Waals surface area (Å²) in [5, 5.41) is 3.87. The lowest BCUT2D eigenvalue weighted by atomic mass is 10.1. The summed E-state index contributed by atoms with van der Waals surface area (Å²) in [4.78, 5) is 11.8. The molecule has 134 valence electrons. The number of hydrogen-bond donors (Lipinski definition) is 1. The molecule has 1 aliphatic rings. The maximum Gasteiger partial charge on any atom is 0.277 e. The van der Waals surface area contributed by atoms with Crippen LogP contribution in [0.15, 0.2) is 47.6 Å². The Labute approximate surface area is 152 Å². The molecule has 6 nitrogen and oxygen atoms in total. The molecule has 0 saturated heterocycles. The quantitative estimate of drug-likeness (QED) is 0.640. The minimum atomic E-state index is -0.319. The van der Waals surface area contributed by atoms with E-state index in [1.54, 1.807) is 6.08 Å². The molecule has 1 aliphatic heterocycles. The number of carbonyl (C=O) groups is 1. The van der Waals surface area contributed by atoms with Crippen molar-refractivity contribution in [3.63, 3.8) is 0 Å². The molecule has 1 amide bonds. The molecule has 2 aromatic rings. The predicted molar refractivity (Wildman–Crippen MR) is 99.6 cm³/mol. The fourth-order valence-electron chi connectivity index (χ4n) is 2.52. The molecule has 0 bridgehead atoms. The van der Waals surface area contributed by atoms with Crippen molar-refractivity contribution in [2.45, 2.75) is 13.8 Å². The second kappa shape index (κ2) is 8.20. The molecule has 6 heteroatoms. The first-order valence-corrected chi connectivity index (χ1v) is 8.21. The van der Waals surface area contributed by atoms with Gasteiger partial charge in [-0.2, -0.15) is 5.10 Å². The van der Waals surface area contributed by atoms with Crippen LogP contribution in [0.25, 0.3) is 6.08 Å². The predicted octanol–water partition coefficient (Wildman–Crippen LogP) is 3.23. The zero-order chi connectivity index (χ0) is 18.4. The second-order valence-corrected chi connectivity index (χ2v) is 5.79. The van der Waals surface area contributed by atoms with Crippen LogP contribution in [0.3, 0.4) is 0 Å². The average molecular weight is 352 g/mol. The minimum absolute atomic E-state index is 0.0884. The number of hydrogen-bond acceptors (Lipinski definition) is 5. The van der Waals surface area contributed by atoms with E-state index in [9.17, 15) is 4.79 Å². The Kier molecular flexibility index (Phi) is 5.53. The lowest BCUT2D eigenvalue weighted by molar-refractivity contribution is -0.123. The van der Waals surface area contributed by atoms with Crippen LogP contribution in [0.4, 0.5) is 0 Å². The van der Waals surface area contributed by atoms with E-state index in [-0.39, 0.29) is 19.3 Å². The molecule has 0 unspecified atom stereocenters. The number of allylic oxidation sites excluding steroid dienone is 1. The fraction of sp³-hybridized carbons (Fsp3) is 0.200. The molecule has 0 spiro atoms. The summed E-state index contributed by atoms with van der Waals surface area (Å²) in [7, 11) is 0. The Bertz CT molecular complexity index is 839. The molecular formula is C20H20N2O4. The van der Waals surface area contributed by atoms with E-state index < -0.39 is 0 Å². The van der Waals surface area contributed by atoms with Crippen LogP contribution in [0.2, 0.25) is 0 Å². The fourth-order valence-corrected chi connectivity index (χ4v) is 2.52. The van der Waals surface area contributed by atoms with Gasteiger partial charge in [-0.05, 0) is 48.7 Å². The zero-order valence-corrected chi connectivity index (χ0v) is 14.7. The molecular weight excluding hydrogens is 332 g/mol. The van der Waals surface area contributed by atoms with Crippen LogP contribution >= 0.6 is 0 Å². The van der Waals surface area contributed by atoms with Crippen molar-refractivity contribution in [1.29, 1.82) is 0 Å². The number of carbonyl (C=O) groups excluding carboxylic acids is 1. The van der Waals surface area contributed by atoms with Gasteiger partial charge in [0.1, 0.15) is 5.75 Å². The molecule has 0 aromatic heterocycles. The molecule has 3 rings (SSSR count). The number of para-hydroxylation sites is 1. The van der Waals surface area contributed by atoms with E-state index in [2.05, 4.69) is 10.5 Å². The van der Waals surface area contributed by atoms with E-state index in [1.807, 2.05) is 56.3 Å². The Balaban J connectivity index is 1.45. The first-order valence-electron chi connectivity index (χ1n) is 8.21. The Hall–Kier alpha value is -3.28. The molecule has 1 N–H and O–H groups in total. The number of amides is 1. The number of aryl methyl sites for hydroxylation is 2. The van der Waals surface area contributed by atoms with Crippen molar-refractivity contribution in [2.75, 3.05) is 13.4 Å². The van der Waals surface area contributed by atoms with Gasteiger partial charge in [0.15, 0.2) is 18.1 Å². The van der Waals surface area contributed by atoms with Crippen molar-refractivity contribution in [2.24, 2.45) is 5.10 Å². The second-order valence-electron chi connectivity index (χ2n) is 5.79. The first kappa shape index (κ1) is 17.5. The van der Waals surface area contributed by atoms with Gasteiger partial charge in [-0.1, -0.05) is 30.3 Å². The number of fused-ring (bicyclic) bond motifs is 1. The van der Waals surface area contributed by atoms with E-state index in [1.165, 1.54) is 6.21 Å². The highest BCUT2D eigenvalue weighted by Gasteiger charge is 2.12. The summed E-state index contributed by atoms with van der Waals surface area (Å²) >= 11 is 0.